The number of aryl methyl sites for hydroxylation is 3. The fraction of sp³-hybridized carbons (Fsp3) is 0.250. The van der Waals surface area contributed by atoms with Crippen LogP contribution in [0.2, 0.25) is 0 Å². The SMILES string of the molecule is Cn1cc[n+]([B-]([n+]2ccn(C)c2)[n+]2ccn(C)c2)c1. The van der Waals surface area contributed by atoms with Crippen molar-refractivity contribution in [3.05, 3.63) is 56.2 Å². The molecule has 3 rings (SSSR count). The fourth-order valence-electron chi connectivity index (χ4n) is 2.28. The van der Waals surface area contributed by atoms with Crippen LogP contribution < -0.4 is 13.4 Å². The van der Waals surface area contributed by atoms with Crippen LogP contribution in [0.3, 0.4) is 0 Å². The topological polar surface area (TPSA) is 26.4 Å². The predicted octanol–water partition coefficient (Wildman–Crippen LogP) is -1.51. The Morgan fingerprint density at radius 3 is 1.16 bits per heavy atom. The summed E-state index contributed by atoms with van der Waals surface area (Å²) in [6, 6.07) is 0. The maximum Gasteiger partial charge on any atom is 0.582 e. The summed E-state index contributed by atoms with van der Waals surface area (Å²) >= 11 is 0. The predicted molar refractivity (Wildman–Crippen MR) is 68.8 cm³/mol. The number of imidazole rings is 3. The van der Waals surface area contributed by atoms with E-state index >= 15 is 0 Å². The van der Waals surface area contributed by atoms with Crippen molar-refractivity contribution in [1.82, 2.24) is 13.7 Å². The van der Waals surface area contributed by atoms with Crippen LogP contribution in [0.25, 0.3) is 0 Å². The van der Waals surface area contributed by atoms with Crippen LogP contribution >= 0.6 is 0 Å². The maximum atomic E-state index is 2.17. The zero-order valence-electron chi connectivity index (χ0n) is 11.5. The summed E-state index contributed by atoms with van der Waals surface area (Å²) in [5.41, 5.74) is 0. The van der Waals surface area contributed by atoms with E-state index in [1.807, 2.05) is 53.4 Å². The van der Waals surface area contributed by atoms with E-state index in [1.54, 1.807) is 0 Å². The molecule has 0 aliphatic rings. The van der Waals surface area contributed by atoms with Crippen molar-refractivity contribution >= 4 is 7.12 Å². The van der Waals surface area contributed by atoms with E-state index in [1.165, 1.54) is 0 Å². The molecule has 0 aromatic carbocycles. The van der Waals surface area contributed by atoms with E-state index < -0.39 is 0 Å². The molecule has 0 saturated carbocycles. The van der Waals surface area contributed by atoms with Crippen molar-refractivity contribution in [3.8, 4) is 0 Å². The Kier molecular flexibility index (Phi) is 2.74. The minimum Gasteiger partial charge on any atom is -0.370 e. The average Bonchev–Trinajstić information content (AvgIpc) is 3.05. The van der Waals surface area contributed by atoms with E-state index in [2.05, 4.69) is 51.0 Å². The first kappa shape index (κ1) is 11.8. The molecule has 0 amide bonds. The third-order valence-corrected chi connectivity index (χ3v) is 3.17. The Balaban J connectivity index is 2.10. The summed E-state index contributed by atoms with van der Waals surface area (Å²) in [7, 11) is 6.14. The molecule has 3 aromatic heterocycles. The monoisotopic (exact) mass is 257 g/mol. The molecule has 0 atom stereocenters. The van der Waals surface area contributed by atoms with Crippen LogP contribution in [0.1, 0.15) is 0 Å². The van der Waals surface area contributed by atoms with Gasteiger partial charge >= 0.3 is 7.12 Å². The largest absolute Gasteiger partial charge is 0.582 e. The number of nitrogens with zero attached hydrogens (tertiary/aromatic N) is 6. The molecule has 0 saturated heterocycles. The van der Waals surface area contributed by atoms with E-state index in [0.29, 0.717) is 0 Å². The smallest absolute Gasteiger partial charge is 0.370 e. The summed E-state index contributed by atoms with van der Waals surface area (Å²) in [5, 5.41) is 0. The van der Waals surface area contributed by atoms with Gasteiger partial charge in [0.05, 0.1) is 39.7 Å². The third kappa shape index (κ3) is 2.19. The highest BCUT2D eigenvalue weighted by Crippen LogP contribution is 1.83. The Labute approximate surface area is 112 Å². The van der Waals surface area contributed by atoms with Gasteiger partial charge in [-0.15, -0.1) is 0 Å². The van der Waals surface area contributed by atoms with Gasteiger partial charge in [-0.2, -0.15) is 0 Å². The van der Waals surface area contributed by atoms with Crippen molar-refractivity contribution in [3.63, 3.8) is 0 Å². The number of aromatic nitrogens is 6. The van der Waals surface area contributed by atoms with Crippen LogP contribution in [-0.4, -0.2) is 20.8 Å². The van der Waals surface area contributed by atoms with Crippen LogP contribution in [0, 0.1) is 0 Å². The lowest BCUT2D eigenvalue weighted by Gasteiger charge is -2.13. The molecule has 0 aliphatic heterocycles. The standard InChI is InChI=1S/C12H18BN6/c1-14-4-7-17(10-14)13(18-8-5-15(2)11-18)19-9-6-16(3)12-19/h4-12H,1-3H3/q+2. The second-order valence-electron chi connectivity index (χ2n) is 4.93. The van der Waals surface area contributed by atoms with Crippen molar-refractivity contribution in [2.24, 2.45) is 21.1 Å². The molecule has 7 heteroatoms. The van der Waals surface area contributed by atoms with E-state index in [0.717, 1.165) is 0 Å². The first-order valence-corrected chi connectivity index (χ1v) is 6.21. The quantitative estimate of drug-likeness (QED) is 0.510. The molecule has 0 unspecified atom stereocenters. The number of rotatable bonds is 3. The van der Waals surface area contributed by atoms with Gasteiger partial charge in [0.2, 0.25) is 19.0 Å². The number of hydrogen-bond donors (Lipinski definition) is 0. The molecule has 0 fully saturated rings. The first-order chi connectivity index (χ1) is 9.13. The van der Waals surface area contributed by atoms with Gasteiger partial charge < -0.3 is 13.4 Å². The fourth-order valence-corrected chi connectivity index (χ4v) is 2.28. The summed E-state index contributed by atoms with van der Waals surface area (Å²) < 4.78 is 12.6. The van der Waals surface area contributed by atoms with Crippen molar-refractivity contribution in [2.75, 3.05) is 0 Å². The highest BCUT2D eigenvalue weighted by molar-refractivity contribution is 6.28. The molecule has 1 radical (unpaired) electrons. The van der Waals surface area contributed by atoms with Gasteiger partial charge in [0.15, 0.2) is 0 Å². The lowest BCUT2D eigenvalue weighted by atomic mass is 9.92. The Hall–Kier alpha value is -2.31. The first-order valence-electron chi connectivity index (χ1n) is 6.21. The average molecular weight is 257 g/mol. The van der Waals surface area contributed by atoms with Crippen LogP contribution in [-0.2, 0) is 21.1 Å². The highest BCUT2D eigenvalue weighted by atomic mass is 15.3. The lowest BCUT2D eigenvalue weighted by molar-refractivity contribution is -0.792. The molecular formula is C12H18BN6+2. The molecule has 0 spiro atoms. The summed E-state index contributed by atoms with van der Waals surface area (Å²) in [4.78, 5) is 0. The second-order valence-corrected chi connectivity index (χ2v) is 4.93. The van der Waals surface area contributed by atoms with Gasteiger partial charge in [0.1, 0.15) is 18.6 Å². The van der Waals surface area contributed by atoms with Gasteiger partial charge in [0.25, 0.3) is 0 Å². The molecular weight excluding hydrogens is 239 g/mol. The second kappa shape index (κ2) is 4.42. The van der Waals surface area contributed by atoms with Gasteiger partial charge in [-0.3, -0.25) is 0 Å². The maximum absolute atomic E-state index is 2.17. The molecule has 6 nitrogen and oxygen atoms in total. The lowest BCUT2D eigenvalue weighted by Crippen LogP contribution is -2.82. The van der Waals surface area contributed by atoms with Crippen molar-refractivity contribution in [1.29, 1.82) is 0 Å². The third-order valence-electron chi connectivity index (χ3n) is 3.17. The Bertz CT molecular complexity index is 599. The van der Waals surface area contributed by atoms with E-state index in [9.17, 15) is 0 Å². The van der Waals surface area contributed by atoms with Gasteiger partial charge in [-0.05, 0) is 0 Å². The van der Waals surface area contributed by atoms with Crippen molar-refractivity contribution in [2.45, 2.75) is 0 Å². The zero-order chi connectivity index (χ0) is 13.4. The Morgan fingerprint density at radius 1 is 0.632 bits per heavy atom. The van der Waals surface area contributed by atoms with Gasteiger partial charge in [-0.1, -0.05) is 0 Å². The summed E-state index contributed by atoms with van der Waals surface area (Å²) in [5.74, 6) is 0. The minimum absolute atomic E-state index is 0.0589. The zero-order valence-corrected chi connectivity index (χ0v) is 11.5. The Morgan fingerprint density at radius 2 is 0.947 bits per heavy atom. The minimum atomic E-state index is 0.0589. The molecule has 3 aromatic rings. The van der Waals surface area contributed by atoms with Crippen LogP contribution in [0.4, 0.5) is 0 Å². The van der Waals surface area contributed by atoms with Gasteiger partial charge in [0, 0.05) is 0 Å². The molecule has 3 heterocycles. The molecule has 0 N–H and O–H groups in total. The molecule has 97 valence electrons. The van der Waals surface area contributed by atoms with E-state index in [-0.39, 0.29) is 7.12 Å². The van der Waals surface area contributed by atoms with Crippen molar-refractivity contribution < 1.29 is 13.4 Å². The molecule has 19 heavy (non-hydrogen) atoms. The molecule has 0 bridgehead atoms. The van der Waals surface area contributed by atoms with Crippen LogP contribution in [0.5, 0.6) is 0 Å². The normalized spacial score (nSPS) is 11.4. The summed E-state index contributed by atoms with van der Waals surface area (Å²) in [6.45, 7) is 0. The van der Waals surface area contributed by atoms with Crippen LogP contribution in [0.15, 0.2) is 56.2 Å². The van der Waals surface area contributed by atoms with Gasteiger partial charge in [-0.25, -0.2) is 13.7 Å². The highest BCUT2D eigenvalue weighted by Gasteiger charge is 2.27. The number of hydrogen-bond acceptors (Lipinski definition) is 0. The molecule has 0 aliphatic carbocycles. The summed E-state index contributed by atoms with van der Waals surface area (Å²) in [6.07, 6.45) is 18.6. The van der Waals surface area contributed by atoms with E-state index in [4.69, 9.17) is 0 Å².